The molecule has 0 saturated carbocycles. The van der Waals surface area contributed by atoms with Crippen LogP contribution in [0.15, 0.2) is 48.1 Å². The molecule has 0 saturated heterocycles. The zero-order valence-corrected chi connectivity index (χ0v) is 14.9. The number of rotatable bonds is 9. The summed E-state index contributed by atoms with van der Waals surface area (Å²) in [5, 5.41) is 9.98. The maximum atomic E-state index is 9.98. The largest absolute Gasteiger partial charge is 0.497 e. The minimum atomic E-state index is -0.453. The van der Waals surface area contributed by atoms with Gasteiger partial charge in [-0.3, -0.25) is 0 Å². The highest BCUT2D eigenvalue weighted by Gasteiger charge is 2.18. The summed E-state index contributed by atoms with van der Waals surface area (Å²) in [5.74, 6) is 0.893. The molecule has 2 rings (SSSR count). The molecule has 0 fully saturated rings. The number of hydrogen-bond acceptors (Lipinski definition) is 4. The lowest BCUT2D eigenvalue weighted by Crippen LogP contribution is -2.32. The van der Waals surface area contributed by atoms with E-state index in [1.807, 2.05) is 31.1 Å². The van der Waals surface area contributed by atoms with Gasteiger partial charge in [-0.2, -0.15) is 0 Å². The van der Waals surface area contributed by atoms with Crippen LogP contribution in [0.1, 0.15) is 18.4 Å². The third kappa shape index (κ3) is 6.11. The Morgan fingerprint density at radius 1 is 1.29 bits per heavy atom. The van der Waals surface area contributed by atoms with Crippen LogP contribution in [0.4, 0.5) is 0 Å². The Labute approximate surface area is 145 Å². The molecule has 2 atom stereocenters. The number of nitrogens with zero attached hydrogens (tertiary/aromatic N) is 1. The first-order valence-electron chi connectivity index (χ1n) is 8.51. The molecule has 0 aromatic heterocycles. The van der Waals surface area contributed by atoms with Crippen LogP contribution in [0.5, 0.6) is 5.75 Å². The standard InChI is InChI=1S/C20H29NO3/c1-21(2)14-18(22)15-24-20-10-5-4-8-17(20)12-11-16-7-6-9-19(13-16)23-3/h4-9,13,18,20,22H,10-12,14-15H2,1-3H3/t18-,20?/m1/s1. The number of benzene rings is 1. The van der Waals surface area contributed by atoms with E-state index in [9.17, 15) is 5.11 Å². The molecule has 1 aromatic rings. The van der Waals surface area contributed by atoms with E-state index in [1.54, 1.807) is 7.11 Å². The molecule has 0 amide bonds. The van der Waals surface area contributed by atoms with Crippen LogP contribution < -0.4 is 4.74 Å². The molecule has 1 unspecified atom stereocenters. The van der Waals surface area contributed by atoms with Gasteiger partial charge >= 0.3 is 0 Å². The van der Waals surface area contributed by atoms with Gasteiger partial charge in [0.2, 0.25) is 0 Å². The van der Waals surface area contributed by atoms with Crippen molar-refractivity contribution in [2.45, 2.75) is 31.5 Å². The molecule has 4 heteroatoms. The van der Waals surface area contributed by atoms with Crippen molar-refractivity contribution in [3.63, 3.8) is 0 Å². The maximum Gasteiger partial charge on any atom is 0.119 e. The van der Waals surface area contributed by atoms with Crippen LogP contribution >= 0.6 is 0 Å². The highest BCUT2D eigenvalue weighted by atomic mass is 16.5. The number of allylic oxidation sites excluding steroid dienone is 2. The SMILES string of the molecule is COc1cccc(CCC2=CC=CCC2OC[C@H](O)CN(C)C)c1. The minimum absolute atomic E-state index is 0.0671. The van der Waals surface area contributed by atoms with E-state index in [-0.39, 0.29) is 6.10 Å². The van der Waals surface area contributed by atoms with Gasteiger partial charge in [0.05, 0.1) is 25.9 Å². The lowest BCUT2D eigenvalue weighted by molar-refractivity contribution is -0.00378. The zero-order valence-electron chi connectivity index (χ0n) is 14.9. The monoisotopic (exact) mass is 331 g/mol. The van der Waals surface area contributed by atoms with Gasteiger partial charge in [0, 0.05) is 6.54 Å². The normalized spacial score (nSPS) is 18.5. The number of aliphatic hydroxyl groups excluding tert-OH is 1. The Hall–Kier alpha value is -1.62. The third-order valence-corrected chi connectivity index (χ3v) is 4.11. The number of aliphatic hydroxyl groups is 1. The first kappa shape index (κ1) is 18.7. The summed E-state index contributed by atoms with van der Waals surface area (Å²) in [6.07, 6.45) is 8.76. The van der Waals surface area contributed by atoms with Gasteiger partial charge in [-0.05, 0) is 56.6 Å². The Balaban J connectivity index is 1.87. The second-order valence-corrected chi connectivity index (χ2v) is 6.50. The molecule has 1 aliphatic carbocycles. The van der Waals surface area contributed by atoms with Crippen molar-refractivity contribution in [3.05, 3.63) is 53.6 Å². The van der Waals surface area contributed by atoms with Crippen molar-refractivity contribution in [1.82, 2.24) is 4.90 Å². The first-order chi connectivity index (χ1) is 11.6. The molecule has 0 radical (unpaired) electrons. The maximum absolute atomic E-state index is 9.98. The first-order valence-corrected chi connectivity index (χ1v) is 8.51. The Bertz CT molecular complexity index is 566. The van der Waals surface area contributed by atoms with E-state index in [0.29, 0.717) is 13.2 Å². The van der Waals surface area contributed by atoms with Crippen molar-refractivity contribution in [3.8, 4) is 5.75 Å². The fraction of sp³-hybridized carbons (Fsp3) is 0.500. The molecule has 132 valence electrons. The number of hydrogen-bond donors (Lipinski definition) is 1. The topological polar surface area (TPSA) is 41.9 Å². The van der Waals surface area contributed by atoms with Gasteiger partial charge in [-0.25, -0.2) is 0 Å². The number of aryl methyl sites for hydroxylation is 1. The van der Waals surface area contributed by atoms with E-state index in [4.69, 9.17) is 9.47 Å². The molecule has 0 heterocycles. The van der Waals surface area contributed by atoms with Crippen LogP contribution in [0.3, 0.4) is 0 Å². The summed E-state index contributed by atoms with van der Waals surface area (Å²) in [7, 11) is 5.59. The van der Waals surface area contributed by atoms with Gasteiger partial charge < -0.3 is 19.5 Å². The van der Waals surface area contributed by atoms with Gasteiger partial charge in [0.1, 0.15) is 5.75 Å². The molecule has 4 nitrogen and oxygen atoms in total. The van der Waals surface area contributed by atoms with Crippen molar-refractivity contribution >= 4 is 0 Å². The van der Waals surface area contributed by atoms with Crippen LogP contribution in [0.2, 0.25) is 0 Å². The summed E-state index contributed by atoms with van der Waals surface area (Å²) in [5.41, 5.74) is 2.55. The molecule has 0 bridgehead atoms. The number of likely N-dealkylation sites (N-methyl/N-ethyl adjacent to an activating group) is 1. The summed E-state index contributed by atoms with van der Waals surface area (Å²) < 4.78 is 11.3. The van der Waals surface area contributed by atoms with E-state index in [2.05, 4.69) is 30.4 Å². The molecule has 1 aliphatic rings. The highest BCUT2D eigenvalue weighted by molar-refractivity contribution is 5.30. The highest BCUT2D eigenvalue weighted by Crippen LogP contribution is 2.23. The van der Waals surface area contributed by atoms with E-state index >= 15 is 0 Å². The van der Waals surface area contributed by atoms with Gasteiger partial charge in [-0.15, -0.1) is 0 Å². The second-order valence-electron chi connectivity index (χ2n) is 6.50. The zero-order chi connectivity index (χ0) is 17.4. The van der Waals surface area contributed by atoms with Crippen molar-refractivity contribution in [1.29, 1.82) is 0 Å². The molecule has 24 heavy (non-hydrogen) atoms. The smallest absolute Gasteiger partial charge is 0.119 e. The third-order valence-electron chi connectivity index (χ3n) is 4.11. The molecule has 1 N–H and O–H groups in total. The van der Waals surface area contributed by atoms with E-state index in [1.165, 1.54) is 11.1 Å². The Morgan fingerprint density at radius 2 is 2.12 bits per heavy atom. The van der Waals surface area contributed by atoms with Crippen LogP contribution in [0, 0.1) is 0 Å². The van der Waals surface area contributed by atoms with Crippen molar-refractivity contribution in [2.24, 2.45) is 0 Å². The fourth-order valence-electron chi connectivity index (χ4n) is 2.89. The summed E-state index contributed by atoms with van der Waals surface area (Å²) in [6, 6.07) is 8.19. The number of methoxy groups -OCH3 is 1. The molecule has 1 aromatic carbocycles. The molecular formula is C20H29NO3. The summed E-state index contributed by atoms with van der Waals surface area (Å²) >= 11 is 0. The minimum Gasteiger partial charge on any atom is -0.497 e. The average molecular weight is 331 g/mol. The fourth-order valence-corrected chi connectivity index (χ4v) is 2.89. The predicted molar refractivity (Wildman–Crippen MR) is 97.5 cm³/mol. The van der Waals surface area contributed by atoms with E-state index in [0.717, 1.165) is 25.0 Å². The summed E-state index contributed by atoms with van der Waals surface area (Å²) in [6.45, 7) is 0.985. The van der Waals surface area contributed by atoms with Crippen molar-refractivity contribution in [2.75, 3.05) is 34.4 Å². The quantitative estimate of drug-likeness (QED) is 0.755. The molecule has 0 spiro atoms. The Morgan fingerprint density at radius 3 is 2.88 bits per heavy atom. The lowest BCUT2D eigenvalue weighted by atomic mass is 9.95. The van der Waals surface area contributed by atoms with Gasteiger partial charge in [0.15, 0.2) is 0 Å². The van der Waals surface area contributed by atoms with Gasteiger partial charge in [0.25, 0.3) is 0 Å². The molecule has 0 aliphatic heterocycles. The van der Waals surface area contributed by atoms with E-state index < -0.39 is 6.10 Å². The molecular weight excluding hydrogens is 302 g/mol. The van der Waals surface area contributed by atoms with Gasteiger partial charge in [-0.1, -0.05) is 30.4 Å². The number of ether oxygens (including phenoxy) is 2. The van der Waals surface area contributed by atoms with Crippen molar-refractivity contribution < 1.29 is 14.6 Å². The average Bonchev–Trinajstić information content (AvgIpc) is 2.58. The van der Waals surface area contributed by atoms with Crippen LogP contribution in [-0.2, 0) is 11.2 Å². The van der Waals surface area contributed by atoms with Crippen LogP contribution in [-0.4, -0.2) is 56.6 Å². The summed E-state index contributed by atoms with van der Waals surface area (Å²) in [4.78, 5) is 1.97. The Kier molecular flexibility index (Phi) is 7.50. The van der Waals surface area contributed by atoms with Crippen LogP contribution in [0.25, 0.3) is 0 Å². The predicted octanol–water partition coefficient (Wildman–Crippen LogP) is 2.82. The lowest BCUT2D eigenvalue weighted by Gasteiger charge is -2.24. The second kappa shape index (κ2) is 9.62.